The quantitative estimate of drug-likeness (QED) is 0.379. The predicted octanol–water partition coefficient (Wildman–Crippen LogP) is -2.59. The second kappa shape index (κ2) is 4.03. The number of piperazine rings is 1. The zero-order valence-corrected chi connectivity index (χ0v) is 6.67. The van der Waals surface area contributed by atoms with Crippen LogP contribution >= 0.6 is 0 Å². The first-order valence-electron chi connectivity index (χ1n) is 3.76. The van der Waals surface area contributed by atoms with E-state index < -0.39 is 11.8 Å². The van der Waals surface area contributed by atoms with Crippen molar-refractivity contribution in [3.05, 3.63) is 0 Å². The highest BCUT2D eigenvalue weighted by Gasteiger charge is 2.15. The number of amides is 2. The van der Waals surface area contributed by atoms with E-state index >= 15 is 0 Å². The van der Waals surface area contributed by atoms with Gasteiger partial charge in [0.1, 0.15) is 0 Å². The van der Waals surface area contributed by atoms with Crippen LogP contribution < -0.4 is 16.5 Å². The van der Waals surface area contributed by atoms with E-state index in [9.17, 15) is 9.59 Å². The van der Waals surface area contributed by atoms with Crippen molar-refractivity contribution < 1.29 is 9.59 Å². The number of carbonyl (C=O) groups excluding carboxylic acids is 2. The summed E-state index contributed by atoms with van der Waals surface area (Å²) >= 11 is 0. The van der Waals surface area contributed by atoms with Crippen molar-refractivity contribution in [3.8, 4) is 0 Å². The molecule has 6 heteroatoms. The third-order valence-electron chi connectivity index (χ3n) is 1.60. The molecule has 0 saturated carbocycles. The molecule has 12 heavy (non-hydrogen) atoms. The van der Waals surface area contributed by atoms with Gasteiger partial charge in [-0.1, -0.05) is 0 Å². The second-order valence-electron chi connectivity index (χ2n) is 2.54. The second-order valence-corrected chi connectivity index (χ2v) is 2.54. The van der Waals surface area contributed by atoms with Crippen LogP contribution in [-0.2, 0) is 9.59 Å². The first-order valence-corrected chi connectivity index (χ1v) is 3.76. The highest BCUT2D eigenvalue weighted by atomic mass is 16.2. The van der Waals surface area contributed by atoms with Gasteiger partial charge in [0.25, 0.3) is 0 Å². The summed E-state index contributed by atoms with van der Waals surface area (Å²) in [5, 5.41) is 4.78. The lowest BCUT2D eigenvalue weighted by atomic mass is 10.4. The molecule has 1 fully saturated rings. The van der Waals surface area contributed by atoms with E-state index in [0.29, 0.717) is 13.1 Å². The molecule has 2 amide bonds. The lowest BCUT2D eigenvalue weighted by Crippen LogP contribution is -2.54. The van der Waals surface area contributed by atoms with E-state index in [1.54, 1.807) is 5.01 Å². The first kappa shape index (κ1) is 8.95. The third-order valence-corrected chi connectivity index (χ3v) is 1.60. The van der Waals surface area contributed by atoms with Crippen LogP contribution in [0.2, 0.25) is 0 Å². The summed E-state index contributed by atoms with van der Waals surface area (Å²) in [4.78, 5) is 21.1. The van der Waals surface area contributed by atoms with Crippen LogP contribution in [0.3, 0.4) is 0 Å². The molecule has 1 heterocycles. The fraction of sp³-hybridized carbons (Fsp3) is 0.667. The standard InChI is InChI=1S/C6H12N4O2/c7-5(11)6(12)9-10-3-1-8-2-4-10/h8H,1-4H2,(H2,7,11)(H,9,12). The van der Waals surface area contributed by atoms with Crippen molar-refractivity contribution in [2.24, 2.45) is 5.73 Å². The highest BCUT2D eigenvalue weighted by molar-refractivity contribution is 6.34. The van der Waals surface area contributed by atoms with Crippen molar-refractivity contribution in [1.82, 2.24) is 15.8 Å². The van der Waals surface area contributed by atoms with E-state index in [2.05, 4.69) is 10.7 Å². The third kappa shape index (κ3) is 2.48. The Morgan fingerprint density at radius 3 is 2.42 bits per heavy atom. The lowest BCUT2D eigenvalue weighted by molar-refractivity contribution is -0.140. The summed E-state index contributed by atoms with van der Waals surface area (Å²) in [6, 6.07) is 0. The van der Waals surface area contributed by atoms with E-state index in [1.807, 2.05) is 0 Å². The van der Waals surface area contributed by atoms with Gasteiger partial charge < -0.3 is 11.1 Å². The molecular formula is C6H12N4O2. The summed E-state index contributed by atoms with van der Waals surface area (Å²) in [6.45, 7) is 3.00. The highest BCUT2D eigenvalue weighted by Crippen LogP contribution is 1.85. The molecule has 68 valence electrons. The number of nitrogens with one attached hydrogen (secondary N) is 2. The summed E-state index contributed by atoms with van der Waals surface area (Å²) in [6.07, 6.45) is 0. The molecule has 4 N–H and O–H groups in total. The number of rotatable bonds is 1. The van der Waals surface area contributed by atoms with Crippen molar-refractivity contribution in [2.75, 3.05) is 26.2 Å². The molecule has 0 aromatic rings. The summed E-state index contributed by atoms with van der Waals surface area (Å²) < 4.78 is 0. The van der Waals surface area contributed by atoms with Crippen LogP contribution in [-0.4, -0.2) is 43.0 Å². The maximum atomic E-state index is 10.8. The lowest BCUT2D eigenvalue weighted by Gasteiger charge is -2.26. The number of primary amides is 1. The molecule has 0 bridgehead atoms. The summed E-state index contributed by atoms with van der Waals surface area (Å²) in [5.41, 5.74) is 7.16. The van der Waals surface area contributed by atoms with E-state index in [4.69, 9.17) is 5.73 Å². The first-order chi connectivity index (χ1) is 5.70. The normalized spacial score (nSPS) is 18.7. The van der Waals surface area contributed by atoms with E-state index in [-0.39, 0.29) is 0 Å². The van der Waals surface area contributed by atoms with Gasteiger partial charge in [0, 0.05) is 26.2 Å². The van der Waals surface area contributed by atoms with Crippen molar-refractivity contribution in [3.63, 3.8) is 0 Å². The number of nitrogens with two attached hydrogens (primary N) is 1. The number of carbonyl (C=O) groups is 2. The van der Waals surface area contributed by atoms with Gasteiger partial charge in [0.05, 0.1) is 0 Å². The fourth-order valence-electron chi connectivity index (χ4n) is 0.975. The van der Waals surface area contributed by atoms with Gasteiger partial charge in [-0.05, 0) is 0 Å². The van der Waals surface area contributed by atoms with Gasteiger partial charge in [-0.15, -0.1) is 0 Å². The maximum absolute atomic E-state index is 10.8. The minimum absolute atomic E-state index is 0.693. The van der Waals surface area contributed by atoms with Crippen molar-refractivity contribution in [2.45, 2.75) is 0 Å². The molecular weight excluding hydrogens is 160 g/mol. The summed E-state index contributed by atoms with van der Waals surface area (Å²) in [5.74, 6) is -1.70. The predicted molar refractivity (Wildman–Crippen MR) is 41.8 cm³/mol. The Morgan fingerprint density at radius 2 is 1.92 bits per heavy atom. The molecule has 0 aliphatic carbocycles. The molecule has 1 saturated heterocycles. The van der Waals surface area contributed by atoms with Gasteiger partial charge in [-0.2, -0.15) is 0 Å². The van der Waals surface area contributed by atoms with Crippen LogP contribution in [0, 0.1) is 0 Å². The zero-order chi connectivity index (χ0) is 8.97. The van der Waals surface area contributed by atoms with Gasteiger partial charge in [-0.25, -0.2) is 5.01 Å². The van der Waals surface area contributed by atoms with E-state index in [0.717, 1.165) is 13.1 Å². The van der Waals surface area contributed by atoms with Gasteiger partial charge >= 0.3 is 11.8 Å². The van der Waals surface area contributed by atoms with Crippen LogP contribution in [0.4, 0.5) is 0 Å². The zero-order valence-electron chi connectivity index (χ0n) is 6.67. The monoisotopic (exact) mass is 172 g/mol. The van der Waals surface area contributed by atoms with Crippen molar-refractivity contribution >= 4 is 11.8 Å². The number of nitrogens with zero attached hydrogens (tertiary/aromatic N) is 1. The largest absolute Gasteiger partial charge is 0.361 e. The van der Waals surface area contributed by atoms with Crippen molar-refractivity contribution in [1.29, 1.82) is 0 Å². The number of hydrazine groups is 1. The Labute approximate surface area is 70.1 Å². The van der Waals surface area contributed by atoms with Crippen LogP contribution in [0.1, 0.15) is 0 Å². The minimum atomic E-state index is -0.950. The van der Waals surface area contributed by atoms with Gasteiger partial charge in [0.15, 0.2) is 0 Å². The number of hydrogen-bond donors (Lipinski definition) is 3. The Morgan fingerprint density at radius 1 is 1.33 bits per heavy atom. The Hall–Kier alpha value is -1.14. The molecule has 0 aromatic carbocycles. The van der Waals surface area contributed by atoms with Gasteiger partial charge in [-0.3, -0.25) is 15.0 Å². The number of hydrogen-bond acceptors (Lipinski definition) is 4. The van der Waals surface area contributed by atoms with Crippen LogP contribution in [0.5, 0.6) is 0 Å². The van der Waals surface area contributed by atoms with Gasteiger partial charge in [0.2, 0.25) is 0 Å². The molecule has 0 unspecified atom stereocenters. The maximum Gasteiger partial charge on any atom is 0.323 e. The van der Waals surface area contributed by atoms with E-state index in [1.165, 1.54) is 0 Å². The smallest absolute Gasteiger partial charge is 0.323 e. The molecule has 6 nitrogen and oxygen atoms in total. The average Bonchev–Trinajstić information content (AvgIpc) is 2.06. The average molecular weight is 172 g/mol. The van der Waals surface area contributed by atoms with Crippen LogP contribution in [0.15, 0.2) is 0 Å². The molecule has 1 aliphatic heterocycles. The SMILES string of the molecule is NC(=O)C(=O)NN1CCNCC1. The molecule has 1 rings (SSSR count). The Balaban J connectivity index is 2.29. The minimum Gasteiger partial charge on any atom is -0.361 e. The molecule has 0 radical (unpaired) electrons. The molecule has 1 aliphatic rings. The Bertz CT molecular complexity index is 188. The van der Waals surface area contributed by atoms with Crippen LogP contribution in [0.25, 0.3) is 0 Å². The fourth-order valence-corrected chi connectivity index (χ4v) is 0.975. The Kier molecular flexibility index (Phi) is 3.01. The topological polar surface area (TPSA) is 87.5 Å². The molecule has 0 atom stereocenters. The summed E-state index contributed by atoms with van der Waals surface area (Å²) in [7, 11) is 0. The molecule has 0 aromatic heterocycles. The molecule has 0 spiro atoms.